The second-order valence-electron chi connectivity index (χ2n) is 10.8. The fourth-order valence-electron chi connectivity index (χ4n) is 6.66. The third-order valence-corrected chi connectivity index (χ3v) is 8.35. The molecule has 28 heavy (non-hydrogen) atoms. The Bertz CT molecular complexity index is 610. The highest BCUT2D eigenvalue weighted by atomic mass is 16.3. The van der Waals surface area contributed by atoms with Gasteiger partial charge in [0.25, 0.3) is 0 Å². The van der Waals surface area contributed by atoms with Crippen LogP contribution < -0.4 is 0 Å². The fourth-order valence-corrected chi connectivity index (χ4v) is 6.66. The summed E-state index contributed by atoms with van der Waals surface area (Å²) in [5.74, 6) is 3.37. The first kappa shape index (κ1) is 21.9. The number of rotatable bonds is 6. The Morgan fingerprint density at radius 2 is 1.89 bits per heavy atom. The van der Waals surface area contributed by atoms with Crippen LogP contribution in [0.4, 0.5) is 0 Å². The molecule has 3 aliphatic carbocycles. The van der Waals surface area contributed by atoms with Crippen molar-refractivity contribution >= 4 is 0 Å². The topological polar surface area (TPSA) is 20.2 Å². The van der Waals surface area contributed by atoms with Crippen molar-refractivity contribution in [2.45, 2.75) is 104 Å². The molecule has 0 heterocycles. The van der Waals surface area contributed by atoms with Crippen LogP contribution in [-0.2, 0) is 0 Å². The van der Waals surface area contributed by atoms with Crippen molar-refractivity contribution in [2.75, 3.05) is 0 Å². The zero-order valence-electron chi connectivity index (χ0n) is 19.0. The second kappa shape index (κ2) is 9.33. The molecule has 3 aliphatic rings. The van der Waals surface area contributed by atoms with Gasteiger partial charge in [-0.05, 0) is 86.0 Å². The van der Waals surface area contributed by atoms with Crippen LogP contribution in [0.3, 0.4) is 0 Å². The summed E-state index contributed by atoms with van der Waals surface area (Å²) in [6, 6.07) is 0. The predicted molar refractivity (Wildman–Crippen MR) is 121 cm³/mol. The van der Waals surface area contributed by atoms with Gasteiger partial charge < -0.3 is 5.11 Å². The van der Waals surface area contributed by atoms with Crippen LogP contribution in [0.15, 0.2) is 35.5 Å². The Balaban J connectivity index is 1.70. The highest BCUT2D eigenvalue weighted by molar-refractivity contribution is 5.36. The Morgan fingerprint density at radius 1 is 1.11 bits per heavy atom. The van der Waals surface area contributed by atoms with Gasteiger partial charge in [-0.3, -0.25) is 0 Å². The van der Waals surface area contributed by atoms with Crippen molar-refractivity contribution in [3.63, 3.8) is 0 Å². The van der Waals surface area contributed by atoms with Gasteiger partial charge in [0, 0.05) is 0 Å². The summed E-state index contributed by atoms with van der Waals surface area (Å²) in [6.07, 6.45) is 18.2. The minimum Gasteiger partial charge on any atom is -0.393 e. The summed E-state index contributed by atoms with van der Waals surface area (Å²) >= 11 is 0. The van der Waals surface area contributed by atoms with Gasteiger partial charge in [-0.1, -0.05) is 76.8 Å². The van der Waals surface area contributed by atoms with Crippen LogP contribution >= 0.6 is 0 Å². The number of hydrogen-bond acceptors (Lipinski definition) is 1. The first-order valence-corrected chi connectivity index (χ1v) is 12.1. The number of fused-ring (bicyclic) bond motifs is 1. The number of aliphatic hydroxyl groups is 1. The molecular formula is C27H44O. The molecule has 0 saturated heterocycles. The minimum atomic E-state index is -0.172. The van der Waals surface area contributed by atoms with Crippen LogP contribution in [0.5, 0.6) is 0 Å². The Labute approximate surface area is 174 Å². The largest absolute Gasteiger partial charge is 0.393 e. The Kier molecular flexibility index (Phi) is 7.29. The normalized spacial score (nSPS) is 37.6. The van der Waals surface area contributed by atoms with Crippen molar-refractivity contribution in [3.8, 4) is 0 Å². The van der Waals surface area contributed by atoms with E-state index in [1.165, 1.54) is 62.5 Å². The molecule has 0 aromatic rings. The molecule has 0 amide bonds. The molecule has 0 radical (unpaired) electrons. The molecule has 0 spiro atoms. The van der Waals surface area contributed by atoms with E-state index in [2.05, 4.69) is 46.4 Å². The zero-order valence-corrected chi connectivity index (χ0v) is 19.0. The average molecular weight is 385 g/mol. The maximum Gasteiger partial charge on any atom is 0.0583 e. The lowest BCUT2D eigenvalue weighted by Gasteiger charge is -2.44. The highest BCUT2D eigenvalue weighted by Gasteiger charge is 2.50. The van der Waals surface area contributed by atoms with Crippen molar-refractivity contribution in [3.05, 3.63) is 35.5 Å². The van der Waals surface area contributed by atoms with Gasteiger partial charge in [0.2, 0.25) is 0 Å². The average Bonchev–Trinajstić information content (AvgIpc) is 2.99. The van der Waals surface area contributed by atoms with Gasteiger partial charge in [-0.25, -0.2) is 0 Å². The van der Waals surface area contributed by atoms with Gasteiger partial charge in [-0.15, -0.1) is 0 Å². The molecule has 0 aromatic carbocycles. The van der Waals surface area contributed by atoms with Gasteiger partial charge in [-0.2, -0.15) is 0 Å². The van der Waals surface area contributed by atoms with Crippen LogP contribution in [0, 0.1) is 29.1 Å². The SMILES string of the molecule is C=C1CC[C@H](O)CC1=CC=C1CCC[C@]2(C)[C@@H]([C@@H](C)CCCC(C)C)CC[C@@H]12. The first-order valence-electron chi connectivity index (χ1n) is 12.1. The third kappa shape index (κ3) is 4.84. The molecule has 1 N–H and O–H groups in total. The van der Waals surface area contributed by atoms with Crippen molar-refractivity contribution in [1.29, 1.82) is 0 Å². The number of aliphatic hydroxyl groups excluding tert-OH is 1. The van der Waals surface area contributed by atoms with E-state index in [-0.39, 0.29) is 6.10 Å². The van der Waals surface area contributed by atoms with Gasteiger partial charge in [0.05, 0.1) is 6.10 Å². The smallest absolute Gasteiger partial charge is 0.0583 e. The van der Waals surface area contributed by atoms with Gasteiger partial charge in [0.15, 0.2) is 0 Å². The van der Waals surface area contributed by atoms with E-state index in [1.807, 2.05) is 0 Å². The molecule has 5 atom stereocenters. The minimum absolute atomic E-state index is 0.172. The Hall–Kier alpha value is -0.820. The molecule has 158 valence electrons. The first-order chi connectivity index (χ1) is 13.3. The standard InChI is InChI=1S/C27H44O/c1-19(2)8-6-9-21(4)25-15-16-26-22(10-7-17-27(25,26)5)12-13-23-18-24(28)14-11-20(23)3/h12-13,19,21,24-26,28H,3,6-11,14-18H2,1-2,4-5H3/t21-,24-,25+,26-,27+/m0/s1. The monoisotopic (exact) mass is 384 g/mol. The molecule has 0 unspecified atom stereocenters. The van der Waals surface area contributed by atoms with E-state index in [4.69, 9.17) is 0 Å². The third-order valence-electron chi connectivity index (χ3n) is 8.35. The van der Waals surface area contributed by atoms with Crippen LogP contribution in [0.25, 0.3) is 0 Å². The van der Waals surface area contributed by atoms with E-state index in [9.17, 15) is 5.11 Å². The van der Waals surface area contributed by atoms with E-state index in [0.717, 1.165) is 42.9 Å². The highest BCUT2D eigenvalue weighted by Crippen LogP contribution is 2.59. The van der Waals surface area contributed by atoms with E-state index in [0.29, 0.717) is 5.41 Å². The van der Waals surface area contributed by atoms with Crippen LogP contribution in [-0.4, -0.2) is 11.2 Å². The van der Waals surface area contributed by atoms with Crippen LogP contribution in [0.2, 0.25) is 0 Å². The summed E-state index contributed by atoms with van der Waals surface area (Å²) in [5.41, 5.74) is 4.72. The maximum atomic E-state index is 10.0. The summed E-state index contributed by atoms with van der Waals surface area (Å²) < 4.78 is 0. The van der Waals surface area contributed by atoms with E-state index >= 15 is 0 Å². The van der Waals surface area contributed by atoms with Crippen molar-refractivity contribution in [2.24, 2.45) is 29.1 Å². The molecule has 0 bridgehead atoms. The molecule has 0 aromatic heterocycles. The van der Waals surface area contributed by atoms with E-state index < -0.39 is 0 Å². The predicted octanol–water partition coefficient (Wildman–Crippen LogP) is 7.62. The summed E-state index contributed by atoms with van der Waals surface area (Å²) in [6.45, 7) is 14.1. The number of hydrogen-bond donors (Lipinski definition) is 1. The molecule has 0 aliphatic heterocycles. The van der Waals surface area contributed by atoms with Crippen LogP contribution in [0.1, 0.15) is 98.3 Å². The lowest BCUT2D eigenvalue weighted by atomic mass is 9.60. The fraction of sp³-hybridized carbons (Fsp3) is 0.778. The lowest BCUT2D eigenvalue weighted by Crippen LogP contribution is -2.36. The van der Waals surface area contributed by atoms with Gasteiger partial charge >= 0.3 is 0 Å². The molecule has 3 fully saturated rings. The Morgan fingerprint density at radius 3 is 2.64 bits per heavy atom. The molecule has 1 nitrogen and oxygen atoms in total. The molecule has 1 heteroatoms. The van der Waals surface area contributed by atoms with Crippen molar-refractivity contribution in [1.82, 2.24) is 0 Å². The zero-order chi connectivity index (χ0) is 20.3. The van der Waals surface area contributed by atoms with E-state index in [1.54, 1.807) is 5.57 Å². The quantitative estimate of drug-likeness (QED) is 0.499. The molecule has 3 saturated carbocycles. The summed E-state index contributed by atoms with van der Waals surface area (Å²) in [5, 5.41) is 10.0. The summed E-state index contributed by atoms with van der Waals surface area (Å²) in [7, 11) is 0. The lowest BCUT2D eigenvalue weighted by molar-refractivity contribution is 0.0929. The maximum absolute atomic E-state index is 10.0. The van der Waals surface area contributed by atoms with Crippen molar-refractivity contribution < 1.29 is 5.11 Å². The molecular weight excluding hydrogens is 340 g/mol. The van der Waals surface area contributed by atoms with Gasteiger partial charge in [0.1, 0.15) is 0 Å². The summed E-state index contributed by atoms with van der Waals surface area (Å²) in [4.78, 5) is 0. The number of allylic oxidation sites excluding steroid dienone is 4. The second-order valence-corrected chi connectivity index (χ2v) is 10.8. The molecule has 3 rings (SSSR count).